The summed E-state index contributed by atoms with van der Waals surface area (Å²) in [6, 6.07) is 23.6. The number of aryl methyl sites for hydroxylation is 3. The van der Waals surface area contributed by atoms with E-state index in [1.54, 1.807) is 12.3 Å². The monoisotopic (exact) mass is 741 g/mol. The Morgan fingerprint density at radius 3 is 2.41 bits per heavy atom. The number of benzene rings is 2. The molecule has 2 saturated heterocycles. The number of hydrogen-bond donors (Lipinski definition) is 1. The molecule has 2 aliphatic heterocycles. The Balaban J connectivity index is 0.955. The molecule has 0 saturated carbocycles. The molecule has 2 fully saturated rings. The summed E-state index contributed by atoms with van der Waals surface area (Å²) in [5.74, 6) is -0.528. The number of pyridine rings is 1. The van der Waals surface area contributed by atoms with Gasteiger partial charge < -0.3 is 19.5 Å². The van der Waals surface area contributed by atoms with Crippen molar-refractivity contribution in [1.82, 2.24) is 33.9 Å². The minimum absolute atomic E-state index is 0.0407. The lowest BCUT2D eigenvalue weighted by Crippen LogP contribution is -2.53. The summed E-state index contributed by atoms with van der Waals surface area (Å²) in [6.45, 7) is 7.54. The van der Waals surface area contributed by atoms with E-state index in [1.165, 1.54) is 22.2 Å². The van der Waals surface area contributed by atoms with Crippen LogP contribution in [0.3, 0.4) is 0 Å². The van der Waals surface area contributed by atoms with E-state index in [0.29, 0.717) is 67.0 Å². The molecular formula is C42H43N7O4S. The van der Waals surface area contributed by atoms with Gasteiger partial charge in [-0.15, -0.1) is 11.3 Å². The third-order valence-corrected chi connectivity index (χ3v) is 12.3. The van der Waals surface area contributed by atoms with Crippen LogP contribution < -0.4 is 5.56 Å². The van der Waals surface area contributed by atoms with E-state index in [1.807, 2.05) is 108 Å². The van der Waals surface area contributed by atoms with Gasteiger partial charge in [-0.3, -0.25) is 23.9 Å². The molecule has 6 heterocycles. The summed E-state index contributed by atoms with van der Waals surface area (Å²) in [4.78, 5) is 59.9. The number of carbonyl (C=O) groups is 2. The highest BCUT2D eigenvalue weighted by atomic mass is 32.1. The van der Waals surface area contributed by atoms with Crippen molar-refractivity contribution in [2.24, 2.45) is 5.92 Å². The van der Waals surface area contributed by atoms with Crippen molar-refractivity contribution in [1.29, 1.82) is 0 Å². The molecule has 2 atom stereocenters. The Bertz CT molecular complexity index is 2390. The molecule has 0 spiro atoms. The fraction of sp³-hybridized carbons (Fsp3) is 0.333. The van der Waals surface area contributed by atoms with Gasteiger partial charge in [0.1, 0.15) is 16.2 Å². The number of nitrogens with zero attached hydrogens (tertiary/aromatic N) is 7. The third kappa shape index (κ3) is 6.75. The average Bonchev–Trinajstić information content (AvgIpc) is 3.80. The van der Waals surface area contributed by atoms with Crippen LogP contribution in [0.15, 0.2) is 96.3 Å². The quantitative estimate of drug-likeness (QED) is 0.215. The van der Waals surface area contributed by atoms with E-state index in [0.717, 1.165) is 33.1 Å². The highest BCUT2D eigenvalue weighted by Gasteiger charge is 2.42. The highest BCUT2D eigenvalue weighted by Crippen LogP contribution is 2.37. The molecule has 2 aromatic carbocycles. The molecule has 8 rings (SSSR count). The first-order chi connectivity index (χ1) is 26.1. The van der Waals surface area contributed by atoms with Gasteiger partial charge in [0.15, 0.2) is 5.65 Å². The maximum atomic E-state index is 14.3. The van der Waals surface area contributed by atoms with Crippen LogP contribution in [0.4, 0.5) is 0 Å². The van der Waals surface area contributed by atoms with Crippen LogP contribution in [0.5, 0.6) is 0 Å². The smallest absolute Gasteiger partial charge is 0.265 e. The van der Waals surface area contributed by atoms with Crippen molar-refractivity contribution in [2.45, 2.75) is 58.1 Å². The highest BCUT2D eigenvalue weighted by molar-refractivity contribution is 7.17. The normalized spacial score (nSPS) is 18.6. The van der Waals surface area contributed by atoms with Gasteiger partial charge in [-0.2, -0.15) is 0 Å². The van der Waals surface area contributed by atoms with E-state index in [9.17, 15) is 19.5 Å². The minimum Gasteiger partial charge on any atom is -0.388 e. The molecular weight excluding hydrogens is 699 g/mol. The molecule has 0 unspecified atom stereocenters. The van der Waals surface area contributed by atoms with Gasteiger partial charge in [0, 0.05) is 67.4 Å². The van der Waals surface area contributed by atoms with Gasteiger partial charge in [0.2, 0.25) is 5.91 Å². The fourth-order valence-corrected chi connectivity index (χ4v) is 9.00. The maximum absolute atomic E-state index is 14.3. The summed E-state index contributed by atoms with van der Waals surface area (Å²) in [7, 11) is 0. The van der Waals surface area contributed by atoms with Crippen LogP contribution >= 0.6 is 11.3 Å². The van der Waals surface area contributed by atoms with E-state index >= 15 is 0 Å². The van der Waals surface area contributed by atoms with Crippen molar-refractivity contribution in [2.75, 3.05) is 26.2 Å². The second-order valence-corrected chi connectivity index (χ2v) is 15.7. The second kappa shape index (κ2) is 14.4. The van der Waals surface area contributed by atoms with Gasteiger partial charge >= 0.3 is 0 Å². The Kier molecular flexibility index (Phi) is 9.49. The molecule has 276 valence electrons. The van der Waals surface area contributed by atoms with E-state index in [4.69, 9.17) is 4.98 Å². The molecule has 0 bridgehead atoms. The van der Waals surface area contributed by atoms with Gasteiger partial charge in [-0.25, -0.2) is 9.97 Å². The average molecular weight is 742 g/mol. The maximum Gasteiger partial charge on any atom is 0.265 e. The molecule has 6 aromatic rings. The Labute approximate surface area is 317 Å². The van der Waals surface area contributed by atoms with Crippen LogP contribution in [0.2, 0.25) is 0 Å². The molecule has 1 N–H and O–H groups in total. The molecule has 2 aliphatic rings. The summed E-state index contributed by atoms with van der Waals surface area (Å²) < 4.78 is 3.41. The zero-order valence-corrected chi connectivity index (χ0v) is 31.5. The van der Waals surface area contributed by atoms with Crippen LogP contribution in [0.1, 0.15) is 57.4 Å². The summed E-state index contributed by atoms with van der Waals surface area (Å²) >= 11 is 1.38. The standard InChI is InChI=1S/C42H43N7O4S/c1-27-9-7-8-12-35(27)49-20-16-33-37(49)44-26-48(40(33)51)25-42(53)17-21-46(22-18-42)39(50)32-15-19-47(24-34(32)30-10-5-4-6-11-30)41(52)36-29(3)45-38(54-36)31-14-13-28(2)43-23-31/h4-14,16,20,23,26,32,34,53H,15,17-19,21-22,24-25H2,1-3H3/t32-,34+/m1/s1. The number of thiazole rings is 1. The van der Waals surface area contributed by atoms with Crippen LogP contribution in [-0.2, 0) is 11.3 Å². The summed E-state index contributed by atoms with van der Waals surface area (Å²) in [6.07, 6.45) is 6.36. The van der Waals surface area contributed by atoms with Crippen molar-refractivity contribution in [3.8, 4) is 16.3 Å². The number of carbonyl (C=O) groups excluding carboxylic acids is 2. The SMILES string of the molecule is Cc1ccc(-c2nc(C)c(C(=O)N3CC[C@@H](C(=O)N4CCC(O)(Cn5cnc6c(ccn6-c6ccccc6C)c5=O)CC4)[C@H](c4ccccc4)C3)s2)cn1. The van der Waals surface area contributed by atoms with Gasteiger partial charge in [0.05, 0.1) is 23.2 Å². The van der Waals surface area contributed by atoms with Gasteiger partial charge in [-0.05, 0) is 75.4 Å². The first kappa shape index (κ1) is 35.6. The lowest BCUT2D eigenvalue weighted by molar-refractivity contribution is -0.142. The lowest BCUT2D eigenvalue weighted by Gasteiger charge is -2.43. The van der Waals surface area contributed by atoms with Crippen LogP contribution in [0.25, 0.3) is 27.3 Å². The zero-order chi connectivity index (χ0) is 37.6. The number of hydrogen-bond acceptors (Lipinski definition) is 8. The molecule has 54 heavy (non-hydrogen) atoms. The number of piperidine rings is 2. The summed E-state index contributed by atoms with van der Waals surface area (Å²) in [5.41, 5.74) is 4.74. The number of aliphatic hydroxyl groups is 1. The van der Waals surface area contributed by atoms with E-state index in [-0.39, 0.29) is 35.8 Å². The number of fused-ring (bicyclic) bond motifs is 1. The fourth-order valence-electron chi connectivity index (χ4n) is 7.97. The molecule has 12 heteroatoms. The molecule has 4 aromatic heterocycles. The Hall–Kier alpha value is -5.46. The topological polar surface area (TPSA) is 126 Å². The Morgan fingerprint density at radius 2 is 1.67 bits per heavy atom. The third-order valence-electron chi connectivity index (χ3n) is 11.1. The second-order valence-electron chi connectivity index (χ2n) is 14.7. The summed E-state index contributed by atoms with van der Waals surface area (Å²) in [5, 5.41) is 13.0. The van der Waals surface area contributed by atoms with E-state index < -0.39 is 5.60 Å². The number of likely N-dealkylation sites (tertiary alicyclic amines) is 2. The van der Waals surface area contributed by atoms with E-state index in [2.05, 4.69) is 9.97 Å². The van der Waals surface area contributed by atoms with Crippen LogP contribution in [-0.4, -0.2) is 82.6 Å². The minimum atomic E-state index is -1.16. The number of amides is 2. The van der Waals surface area contributed by atoms with Crippen molar-refractivity contribution >= 4 is 34.2 Å². The molecule has 0 radical (unpaired) electrons. The van der Waals surface area contributed by atoms with Gasteiger partial charge in [0.25, 0.3) is 11.5 Å². The molecule has 11 nitrogen and oxygen atoms in total. The van der Waals surface area contributed by atoms with Crippen molar-refractivity contribution in [3.05, 3.63) is 129 Å². The first-order valence-electron chi connectivity index (χ1n) is 18.5. The lowest BCUT2D eigenvalue weighted by atomic mass is 9.79. The van der Waals surface area contributed by atoms with Crippen LogP contribution in [0, 0.1) is 26.7 Å². The first-order valence-corrected chi connectivity index (χ1v) is 19.3. The molecule has 2 amide bonds. The number of aromatic nitrogens is 5. The predicted octanol–water partition coefficient (Wildman–Crippen LogP) is 5.93. The number of rotatable bonds is 7. The van der Waals surface area contributed by atoms with Crippen molar-refractivity contribution in [3.63, 3.8) is 0 Å². The largest absolute Gasteiger partial charge is 0.388 e. The molecule has 0 aliphatic carbocycles. The zero-order valence-electron chi connectivity index (χ0n) is 30.7. The number of para-hydroxylation sites is 1. The Morgan fingerprint density at radius 1 is 0.907 bits per heavy atom. The van der Waals surface area contributed by atoms with Gasteiger partial charge in [-0.1, -0.05) is 48.5 Å². The predicted molar refractivity (Wildman–Crippen MR) is 209 cm³/mol. The van der Waals surface area contributed by atoms with Crippen molar-refractivity contribution < 1.29 is 14.7 Å².